The lowest BCUT2D eigenvalue weighted by Gasteiger charge is -2.00. The van der Waals surface area contributed by atoms with Gasteiger partial charge in [-0.2, -0.15) is 13.5 Å². The first-order chi connectivity index (χ1) is 6.45. The summed E-state index contributed by atoms with van der Waals surface area (Å²) in [6, 6.07) is 19.9. The van der Waals surface area contributed by atoms with Crippen LogP contribution in [0.3, 0.4) is 0 Å². The lowest BCUT2D eigenvalue weighted by Crippen LogP contribution is -1.86. The predicted octanol–water partition coefficient (Wildman–Crippen LogP) is 3.37. The van der Waals surface area contributed by atoms with Gasteiger partial charge in [0.2, 0.25) is 0 Å². The summed E-state index contributed by atoms with van der Waals surface area (Å²) < 4.78 is 0. The summed E-state index contributed by atoms with van der Waals surface area (Å²) in [4.78, 5) is 0. The summed E-state index contributed by atoms with van der Waals surface area (Å²) in [6.07, 6.45) is 0. The molecule has 0 aromatic heterocycles. The Morgan fingerprint density at radius 3 is 1.29 bits per heavy atom. The summed E-state index contributed by atoms with van der Waals surface area (Å²) in [5.41, 5.74) is 1.99. The van der Waals surface area contributed by atoms with E-state index in [1.54, 1.807) is 0 Å². The quantitative estimate of drug-likeness (QED) is 0.709. The van der Waals surface area contributed by atoms with Crippen LogP contribution < -0.4 is 5.32 Å². The molecule has 2 heteroatoms. The van der Waals surface area contributed by atoms with Gasteiger partial charge in [-0.15, -0.1) is 0 Å². The summed E-state index contributed by atoms with van der Waals surface area (Å²) in [7, 11) is 0. The lowest BCUT2D eigenvalue weighted by atomic mass is 10.3. The van der Waals surface area contributed by atoms with Crippen LogP contribution in [0, 0.1) is 0 Å². The molecular weight excluding hydrogens is 190 g/mol. The largest absolute Gasteiger partial charge is 0.249 e. The smallest absolute Gasteiger partial charge is 0.0636 e. The molecule has 0 saturated heterocycles. The second-order valence-corrected chi connectivity index (χ2v) is 2.78. The van der Waals surface area contributed by atoms with Crippen molar-refractivity contribution in [3.8, 4) is 0 Å². The molecule has 0 aliphatic carbocycles. The van der Waals surface area contributed by atoms with Gasteiger partial charge >= 0.3 is 0 Å². The van der Waals surface area contributed by atoms with Crippen molar-refractivity contribution in [3.63, 3.8) is 0 Å². The Morgan fingerprint density at radius 2 is 0.929 bits per heavy atom. The minimum absolute atomic E-state index is 0. The van der Waals surface area contributed by atoms with Crippen LogP contribution in [0.15, 0.2) is 60.7 Å². The molecular formula is C12H12NS. The fraction of sp³-hybridized carbons (Fsp3) is 0. The minimum Gasteiger partial charge on any atom is -0.249 e. The monoisotopic (exact) mass is 202 g/mol. The van der Waals surface area contributed by atoms with Crippen molar-refractivity contribution in [2.24, 2.45) is 0 Å². The Labute approximate surface area is 91.2 Å². The lowest BCUT2D eigenvalue weighted by molar-refractivity contribution is 1.19. The highest BCUT2D eigenvalue weighted by atomic mass is 32.1. The summed E-state index contributed by atoms with van der Waals surface area (Å²) >= 11 is 0. The van der Waals surface area contributed by atoms with E-state index in [0.29, 0.717) is 0 Å². The number of para-hydroxylation sites is 2. The number of hydrogen-bond donors (Lipinski definition) is 0. The van der Waals surface area contributed by atoms with Crippen LogP contribution >= 0.6 is 13.5 Å². The van der Waals surface area contributed by atoms with Gasteiger partial charge < -0.3 is 0 Å². The molecule has 0 spiro atoms. The highest BCUT2D eigenvalue weighted by molar-refractivity contribution is 7.59. The van der Waals surface area contributed by atoms with E-state index >= 15 is 0 Å². The molecule has 2 rings (SSSR count). The molecule has 1 nitrogen and oxygen atoms in total. The first kappa shape index (κ1) is 10.7. The molecule has 0 saturated carbocycles. The molecule has 14 heavy (non-hydrogen) atoms. The van der Waals surface area contributed by atoms with Crippen molar-refractivity contribution in [2.45, 2.75) is 0 Å². The Balaban J connectivity index is 0.000000980. The third kappa shape index (κ3) is 2.82. The standard InChI is InChI=1S/C12H10N.H2S/c1-3-7-11(8-4-1)13-12-9-5-2-6-10-12;/h1-10H;1H2. The summed E-state index contributed by atoms with van der Waals surface area (Å²) in [6.45, 7) is 0. The molecule has 0 N–H and O–H groups in total. The van der Waals surface area contributed by atoms with E-state index in [2.05, 4.69) is 5.32 Å². The van der Waals surface area contributed by atoms with E-state index in [-0.39, 0.29) is 13.5 Å². The van der Waals surface area contributed by atoms with E-state index in [1.165, 1.54) is 0 Å². The van der Waals surface area contributed by atoms with E-state index in [0.717, 1.165) is 11.4 Å². The van der Waals surface area contributed by atoms with Gasteiger partial charge in [-0.1, -0.05) is 36.4 Å². The van der Waals surface area contributed by atoms with E-state index < -0.39 is 0 Å². The van der Waals surface area contributed by atoms with Crippen LogP contribution in [-0.2, 0) is 0 Å². The normalized spacial score (nSPS) is 8.86. The molecule has 2 aromatic carbocycles. The van der Waals surface area contributed by atoms with Gasteiger partial charge in [0.15, 0.2) is 0 Å². The van der Waals surface area contributed by atoms with Gasteiger partial charge in [0.05, 0.1) is 11.4 Å². The van der Waals surface area contributed by atoms with Crippen molar-refractivity contribution in [2.75, 3.05) is 0 Å². The zero-order valence-electron chi connectivity index (χ0n) is 7.72. The Bertz CT molecular complexity index is 321. The van der Waals surface area contributed by atoms with Gasteiger partial charge in [-0.3, -0.25) is 0 Å². The van der Waals surface area contributed by atoms with Crippen molar-refractivity contribution in [3.05, 3.63) is 60.7 Å². The summed E-state index contributed by atoms with van der Waals surface area (Å²) in [5, 5.41) is 4.44. The van der Waals surface area contributed by atoms with E-state index in [9.17, 15) is 0 Å². The van der Waals surface area contributed by atoms with Gasteiger partial charge in [0.1, 0.15) is 0 Å². The fourth-order valence-corrected chi connectivity index (χ4v) is 1.15. The molecule has 1 radical (unpaired) electrons. The molecule has 0 fully saturated rings. The number of rotatable bonds is 2. The van der Waals surface area contributed by atoms with E-state index in [1.807, 2.05) is 60.7 Å². The van der Waals surface area contributed by atoms with Crippen molar-refractivity contribution < 1.29 is 0 Å². The molecule has 0 heterocycles. The third-order valence-corrected chi connectivity index (χ3v) is 1.77. The number of benzene rings is 2. The second kappa shape index (κ2) is 5.35. The molecule has 0 unspecified atom stereocenters. The predicted molar refractivity (Wildman–Crippen MR) is 64.7 cm³/mol. The Morgan fingerprint density at radius 1 is 0.571 bits per heavy atom. The SMILES string of the molecule is S.c1ccc([N]c2ccccc2)cc1. The third-order valence-electron chi connectivity index (χ3n) is 1.77. The van der Waals surface area contributed by atoms with Crippen LogP contribution in [0.5, 0.6) is 0 Å². The zero-order valence-corrected chi connectivity index (χ0v) is 8.72. The van der Waals surface area contributed by atoms with Gasteiger partial charge in [-0.25, -0.2) is 5.32 Å². The maximum atomic E-state index is 4.44. The molecule has 0 aliphatic heterocycles. The van der Waals surface area contributed by atoms with Crippen molar-refractivity contribution in [1.82, 2.24) is 5.32 Å². The topological polar surface area (TPSA) is 14.1 Å². The molecule has 0 atom stereocenters. The molecule has 0 amide bonds. The van der Waals surface area contributed by atoms with Crippen molar-refractivity contribution >= 4 is 24.9 Å². The number of nitrogens with zero attached hydrogens (tertiary/aromatic N) is 1. The molecule has 0 aliphatic rings. The van der Waals surface area contributed by atoms with Crippen LogP contribution in [-0.4, -0.2) is 0 Å². The maximum Gasteiger partial charge on any atom is 0.0636 e. The van der Waals surface area contributed by atoms with Crippen LogP contribution in [0.25, 0.3) is 0 Å². The minimum atomic E-state index is 0. The fourth-order valence-electron chi connectivity index (χ4n) is 1.15. The van der Waals surface area contributed by atoms with Crippen LogP contribution in [0.2, 0.25) is 0 Å². The Hall–Kier alpha value is -1.41. The molecule has 71 valence electrons. The van der Waals surface area contributed by atoms with Crippen molar-refractivity contribution in [1.29, 1.82) is 0 Å². The Kier molecular flexibility index (Phi) is 4.08. The van der Waals surface area contributed by atoms with Crippen LogP contribution in [0.4, 0.5) is 11.4 Å². The average molecular weight is 202 g/mol. The van der Waals surface area contributed by atoms with Crippen LogP contribution in [0.1, 0.15) is 0 Å². The summed E-state index contributed by atoms with van der Waals surface area (Å²) in [5.74, 6) is 0. The molecule has 0 bridgehead atoms. The average Bonchev–Trinajstić information content (AvgIpc) is 2.21. The molecule has 2 aromatic rings. The van der Waals surface area contributed by atoms with Gasteiger partial charge in [0, 0.05) is 0 Å². The maximum absolute atomic E-state index is 4.44. The zero-order chi connectivity index (χ0) is 8.93. The second-order valence-electron chi connectivity index (χ2n) is 2.78. The first-order valence-electron chi connectivity index (χ1n) is 4.27. The number of hydrogen-bond acceptors (Lipinski definition) is 0. The van der Waals surface area contributed by atoms with Gasteiger partial charge in [0.25, 0.3) is 0 Å². The van der Waals surface area contributed by atoms with E-state index in [4.69, 9.17) is 0 Å². The first-order valence-corrected chi connectivity index (χ1v) is 4.27. The highest BCUT2D eigenvalue weighted by Crippen LogP contribution is 2.14. The highest BCUT2D eigenvalue weighted by Gasteiger charge is 1.92. The van der Waals surface area contributed by atoms with Gasteiger partial charge in [-0.05, 0) is 24.3 Å².